The van der Waals surface area contributed by atoms with Crippen LogP contribution < -0.4 is 16.0 Å². The molecule has 3 rings (SSSR count). The molecule has 0 spiro atoms. The van der Waals surface area contributed by atoms with Gasteiger partial charge in [-0.1, -0.05) is 24.3 Å². The van der Waals surface area contributed by atoms with Crippen molar-refractivity contribution in [2.75, 3.05) is 30.8 Å². The van der Waals surface area contributed by atoms with E-state index in [0.29, 0.717) is 23.0 Å². The van der Waals surface area contributed by atoms with Crippen molar-refractivity contribution in [2.45, 2.75) is 25.8 Å². The molecule has 0 unspecified atom stereocenters. The van der Waals surface area contributed by atoms with E-state index in [2.05, 4.69) is 16.0 Å². The first kappa shape index (κ1) is 20.5. The van der Waals surface area contributed by atoms with E-state index in [1.54, 1.807) is 36.2 Å². The van der Waals surface area contributed by atoms with E-state index in [-0.39, 0.29) is 30.8 Å². The van der Waals surface area contributed by atoms with Gasteiger partial charge in [0.05, 0.1) is 24.3 Å². The summed E-state index contributed by atoms with van der Waals surface area (Å²) in [6.45, 7) is 2.15. The minimum Gasteiger partial charge on any atom is -0.352 e. The van der Waals surface area contributed by atoms with Crippen LogP contribution in [-0.4, -0.2) is 48.8 Å². The average Bonchev–Trinajstić information content (AvgIpc) is 3.45. The quantitative estimate of drug-likeness (QED) is 0.641. The maximum Gasteiger partial charge on any atom is 0.257 e. The summed E-state index contributed by atoms with van der Waals surface area (Å²) in [6, 6.07) is 14.6. The third kappa shape index (κ3) is 6.43. The van der Waals surface area contributed by atoms with E-state index in [0.717, 1.165) is 18.4 Å². The van der Waals surface area contributed by atoms with E-state index in [4.69, 9.17) is 0 Å². The van der Waals surface area contributed by atoms with E-state index in [1.165, 1.54) is 0 Å². The summed E-state index contributed by atoms with van der Waals surface area (Å²) in [7, 11) is 1.71. The molecule has 3 N–H and O–H groups in total. The second-order valence-electron chi connectivity index (χ2n) is 7.43. The standard InChI is InChI=1S/C22H26N4O3/c1-15-6-5-7-17(12-15)24-22(29)18-8-3-4-9-19(18)25-21(28)14-26(2)13-20(27)23-16-10-11-16/h3-9,12,16H,10-11,13-14H2,1-2H3,(H,23,27)(H,24,29)(H,25,28). The number of nitrogens with one attached hydrogen (secondary N) is 3. The molecule has 2 aromatic rings. The monoisotopic (exact) mass is 394 g/mol. The van der Waals surface area contributed by atoms with Gasteiger partial charge in [-0.05, 0) is 56.6 Å². The highest BCUT2D eigenvalue weighted by molar-refractivity contribution is 6.10. The molecular formula is C22H26N4O3. The summed E-state index contributed by atoms with van der Waals surface area (Å²) in [6.07, 6.45) is 2.05. The number of hydrogen-bond donors (Lipinski definition) is 3. The van der Waals surface area contributed by atoms with Crippen LogP contribution in [0.15, 0.2) is 48.5 Å². The van der Waals surface area contributed by atoms with Gasteiger partial charge >= 0.3 is 0 Å². The minimum absolute atomic E-state index is 0.0475. The molecule has 0 radical (unpaired) electrons. The van der Waals surface area contributed by atoms with Crippen LogP contribution in [0.2, 0.25) is 0 Å². The zero-order valence-corrected chi connectivity index (χ0v) is 16.7. The second kappa shape index (κ2) is 9.34. The Bertz CT molecular complexity index is 908. The van der Waals surface area contributed by atoms with Crippen molar-refractivity contribution in [3.05, 3.63) is 59.7 Å². The van der Waals surface area contributed by atoms with Crippen molar-refractivity contribution < 1.29 is 14.4 Å². The molecule has 0 saturated heterocycles. The van der Waals surface area contributed by atoms with Crippen LogP contribution in [0.3, 0.4) is 0 Å². The normalized spacial score (nSPS) is 13.1. The molecule has 29 heavy (non-hydrogen) atoms. The number of benzene rings is 2. The van der Waals surface area contributed by atoms with Gasteiger partial charge in [0.1, 0.15) is 0 Å². The van der Waals surface area contributed by atoms with Crippen molar-refractivity contribution in [1.82, 2.24) is 10.2 Å². The van der Waals surface area contributed by atoms with Crippen LogP contribution in [0.5, 0.6) is 0 Å². The zero-order chi connectivity index (χ0) is 20.8. The summed E-state index contributed by atoms with van der Waals surface area (Å²) < 4.78 is 0. The van der Waals surface area contributed by atoms with E-state index in [1.807, 2.05) is 31.2 Å². The van der Waals surface area contributed by atoms with Gasteiger partial charge in [0.15, 0.2) is 0 Å². The van der Waals surface area contributed by atoms with Crippen molar-refractivity contribution in [3.8, 4) is 0 Å². The Morgan fingerprint density at radius 2 is 1.69 bits per heavy atom. The Morgan fingerprint density at radius 3 is 2.41 bits per heavy atom. The number of hydrogen-bond acceptors (Lipinski definition) is 4. The summed E-state index contributed by atoms with van der Waals surface area (Å²) in [5.74, 6) is -0.674. The molecule has 0 aliphatic heterocycles. The maximum absolute atomic E-state index is 12.7. The van der Waals surface area contributed by atoms with Gasteiger partial charge in [-0.2, -0.15) is 0 Å². The number of likely N-dealkylation sites (N-methyl/N-ethyl adjacent to an activating group) is 1. The Morgan fingerprint density at radius 1 is 0.966 bits per heavy atom. The molecule has 1 aliphatic carbocycles. The molecule has 1 fully saturated rings. The predicted molar refractivity (Wildman–Crippen MR) is 113 cm³/mol. The van der Waals surface area contributed by atoms with Crippen LogP contribution in [0, 0.1) is 6.92 Å². The fraction of sp³-hybridized carbons (Fsp3) is 0.318. The number of aryl methyl sites for hydroxylation is 1. The molecule has 152 valence electrons. The van der Waals surface area contributed by atoms with Crippen molar-refractivity contribution in [3.63, 3.8) is 0 Å². The number of rotatable bonds is 8. The zero-order valence-electron chi connectivity index (χ0n) is 16.7. The summed E-state index contributed by atoms with van der Waals surface area (Å²) in [5, 5.41) is 8.52. The van der Waals surface area contributed by atoms with Gasteiger partial charge < -0.3 is 16.0 Å². The minimum atomic E-state index is -0.302. The Hall–Kier alpha value is -3.19. The lowest BCUT2D eigenvalue weighted by atomic mass is 10.1. The van der Waals surface area contributed by atoms with Gasteiger partial charge in [0, 0.05) is 11.7 Å². The first-order valence-corrected chi connectivity index (χ1v) is 9.65. The Balaban J connectivity index is 1.58. The lowest BCUT2D eigenvalue weighted by Crippen LogP contribution is -2.39. The highest BCUT2D eigenvalue weighted by Crippen LogP contribution is 2.19. The van der Waals surface area contributed by atoms with Crippen LogP contribution in [-0.2, 0) is 9.59 Å². The van der Waals surface area contributed by atoms with Gasteiger partial charge in [-0.3, -0.25) is 19.3 Å². The van der Waals surface area contributed by atoms with Crippen LogP contribution >= 0.6 is 0 Å². The van der Waals surface area contributed by atoms with Crippen molar-refractivity contribution in [2.24, 2.45) is 0 Å². The maximum atomic E-state index is 12.7. The van der Waals surface area contributed by atoms with Crippen molar-refractivity contribution >= 4 is 29.1 Å². The molecule has 2 aromatic carbocycles. The molecule has 1 aliphatic rings. The van der Waals surface area contributed by atoms with Crippen LogP contribution in [0.1, 0.15) is 28.8 Å². The highest BCUT2D eigenvalue weighted by Gasteiger charge is 2.24. The first-order valence-electron chi connectivity index (χ1n) is 9.65. The van der Waals surface area contributed by atoms with Gasteiger partial charge in [-0.25, -0.2) is 0 Å². The summed E-state index contributed by atoms with van der Waals surface area (Å²) >= 11 is 0. The molecule has 7 heteroatoms. The fourth-order valence-electron chi connectivity index (χ4n) is 2.95. The molecule has 1 saturated carbocycles. The molecule has 0 heterocycles. The number of nitrogens with zero attached hydrogens (tertiary/aromatic N) is 1. The van der Waals surface area contributed by atoms with Gasteiger partial charge in [-0.15, -0.1) is 0 Å². The SMILES string of the molecule is Cc1cccc(NC(=O)c2ccccc2NC(=O)CN(C)CC(=O)NC2CC2)c1. The first-order chi connectivity index (χ1) is 13.9. The lowest BCUT2D eigenvalue weighted by molar-refractivity contribution is -0.123. The van der Waals surface area contributed by atoms with Crippen molar-refractivity contribution in [1.29, 1.82) is 0 Å². The Kier molecular flexibility index (Phi) is 6.61. The third-order valence-electron chi connectivity index (χ3n) is 4.49. The third-order valence-corrected chi connectivity index (χ3v) is 4.49. The smallest absolute Gasteiger partial charge is 0.257 e. The fourth-order valence-corrected chi connectivity index (χ4v) is 2.95. The predicted octanol–water partition coefficient (Wildman–Crippen LogP) is 2.40. The van der Waals surface area contributed by atoms with Crippen LogP contribution in [0.4, 0.5) is 11.4 Å². The summed E-state index contributed by atoms with van der Waals surface area (Å²) in [4.78, 5) is 38.6. The average molecular weight is 394 g/mol. The molecular weight excluding hydrogens is 368 g/mol. The molecule has 0 atom stereocenters. The summed E-state index contributed by atoms with van der Waals surface area (Å²) in [5.41, 5.74) is 2.53. The second-order valence-corrected chi connectivity index (χ2v) is 7.43. The topological polar surface area (TPSA) is 90.5 Å². The number of amides is 3. The highest BCUT2D eigenvalue weighted by atomic mass is 16.2. The lowest BCUT2D eigenvalue weighted by Gasteiger charge is -2.17. The number of carbonyl (C=O) groups excluding carboxylic acids is 3. The van der Waals surface area contributed by atoms with E-state index >= 15 is 0 Å². The van der Waals surface area contributed by atoms with E-state index < -0.39 is 0 Å². The number of carbonyl (C=O) groups is 3. The van der Waals surface area contributed by atoms with E-state index in [9.17, 15) is 14.4 Å². The van der Waals surface area contributed by atoms with Gasteiger partial charge in [0.2, 0.25) is 11.8 Å². The number of para-hydroxylation sites is 1. The Labute approximate surface area is 170 Å². The molecule has 3 amide bonds. The molecule has 0 bridgehead atoms. The number of anilines is 2. The molecule has 7 nitrogen and oxygen atoms in total. The van der Waals surface area contributed by atoms with Crippen LogP contribution in [0.25, 0.3) is 0 Å². The van der Waals surface area contributed by atoms with Gasteiger partial charge in [0.25, 0.3) is 5.91 Å². The largest absolute Gasteiger partial charge is 0.352 e. The molecule has 0 aromatic heterocycles.